The fourth-order valence-electron chi connectivity index (χ4n) is 3.85. The first-order valence-electron chi connectivity index (χ1n) is 11.2. The summed E-state index contributed by atoms with van der Waals surface area (Å²) in [4.78, 5) is 28.6. The largest absolute Gasteiger partial charge is 0.407 e. The summed E-state index contributed by atoms with van der Waals surface area (Å²) < 4.78 is 54.2. The van der Waals surface area contributed by atoms with Crippen LogP contribution >= 0.6 is 0 Å². The van der Waals surface area contributed by atoms with Gasteiger partial charge in [0, 0.05) is 38.3 Å². The van der Waals surface area contributed by atoms with E-state index in [4.69, 9.17) is 5.26 Å². The van der Waals surface area contributed by atoms with Crippen LogP contribution in [0, 0.1) is 17.2 Å². The number of nitrogens with one attached hydrogen (secondary N) is 2. The molecule has 1 saturated heterocycles. The lowest BCUT2D eigenvalue weighted by atomic mass is 9.98. The van der Waals surface area contributed by atoms with Gasteiger partial charge in [0.15, 0.2) is 0 Å². The highest BCUT2D eigenvalue weighted by Crippen LogP contribution is 2.34. The zero-order chi connectivity index (χ0) is 25.3. The maximum atomic E-state index is 13.9. The third-order valence-electron chi connectivity index (χ3n) is 5.61. The molecule has 34 heavy (non-hydrogen) atoms. The summed E-state index contributed by atoms with van der Waals surface area (Å²) in [7, 11) is 0. The van der Waals surface area contributed by atoms with Crippen molar-refractivity contribution < 1.29 is 27.2 Å². The molecule has 0 unspecified atom stereocenters. The molecule has 0 aromatic heterocycles. The predicted octanol–water partition coefficient (Wildman–Crippen LogP) is 2.66. The lowest BCUT2D eigenvalue weighted by Gasteiger charge is -2.34. The standard InChI is InChI=1S/C23H31F4N5O2/c1-16(2)15-19(21(33)29-9-8-28)30-20(23(25,26)27)17-3-5-18(6-4-17)22(34)32-13-11-31(10-7-24)12-14-32/h3-6,16,19-20,30H,7,9-15H2,1-2H3,(H,29,33)/t19-,20+/m0/s1. The number of alkyl halides is 4. The summed E-state index contributed by atoms with van der Waals surface area (Å²) in [5.74, 6) is -1.04. The van der Waals surface area contributed by atoms with Crippen molar-refractivity contribution in [3.63, 3.8) is 0 Å². The quantitative estimate of drug-likeness (QED) is 0.393. The Bertz CT molecular complexity index is 846. The van der Waals surface area contributed by atoms with Crippen molar-refractivity contribution in [1.29, 1.82) is 5.26 Å². The Morgan fingerprint density at radius 1 is 1.12 bits per heavy atom. The molecular weight excluding hydrogens is 454 g/mol. The van der Waals surface area contributed by atoms with E-state index < -0.39 is 30.8 Å². The number of rotatable bonds is 10. The topological polar surface area (TPSA) is 88.5 Å². The lowest BCUT2D eigenvalue weighted by Crippen LogP contribution is -2.49. The first-order chi connectivity index (χ1) is 16.1. The molecule has 1 aliphatic rings. The van der Waals surface area contributed by atoms with Gasteiger partial charge < -0.3 is 10.2 Å². The van der Waals surface area contributed by atoms with Crippen molar-refractivity contribution in [1.82, 2.24) is 20.4 Å². The molecule has 0 saturated carbocycles. The summed E-state index contributed by atoms with van der Waals surface area (Å²) in [6.45, 7) is 5.04. The third-order valence-corrected chi connectivity index (χ3v) is 5.61. The maximum absolute atomic E-state index is 13.9. The van der Waals surface area contributed by atoms with Gasteiger partial charge in [0.25, 0.3) is 5.91 Å². The Morgan fingerprint density at radius 2 is 1.74 bits per heavy atom. The van der Waals surface area contributed by atoms with E-state index in [0.717, 1.165) is 0 Å². The van der Waals surface area contributed by atoms with E-state index in [9.17, 15) is 27.2 Å². The molecule has 0 radical (unpaired) electrons. The van der Waals surface area contributed by atoms with Gasteiger partial charge in [-0.3, -0.25) is 19.8 Å². The van der Waals surface area contributed by atoms with Crippen LogP contribution in [-0.4, -0.2) is 79.8 Å². The normalized spacial score (nSPS) is 16.7. The number of hydrogen-bond donors (Lipinski definition) is 2. The van der Waals surface area contributed by atoms with Gasteiger partial charge in [-0.25, -0.2) is 4.39 Å². The second-order valence-electron chi connectivity index (χ2n) is 8.64. The average molecular weight is 486 g/mol. The van der Waals surface area contributed by atoms with Crippen LogP contribution < -0.4 is 10.6 Å². The average Bonchev–Trinajstić information content (AvgIpc) is 2.79. The molecule has 7 nitrogen and oxygen atoms in total. The predicted molar refractivity (Wildman–Crippen MR) is 119 cm³/mol. The molecule has 1 aliphatic heterocycles. The van der Waals surface area contributed by atoms with Crippen LogP contribution in [0.5, 0.6) is 0 Å². The molecule has 1 fully saturated rings. The number of piperazine rings is 1. The number of halogens is 4. The highest BCUT2D eigenvalue weighted by Gasteiger charge is 2.43. The summed E-state index contributed by atoms with van der Waals surface area (Å²) in [5.41, 5.74) is 0.132. The van der Waals surface area contributed by atoms with Crippen LogP contribution in [0.1, 0.15) is 42.2 Å². The fourth-order valence-corrected chi connectivity index (χ4v) is 3.85. The molecule has 2 rings (SSSR count). The molecular formula is C23H31F4N5O2. The Labute approximate surface area is 197 Å². The van der Waals surface area contributed by atoms with E-state index in [0.29, 0.717) is 32.7 Å². The molecule has 2 amide bonds. The minimum Gasteiger partial charge on any atom is -0.342 e. The van der Waals surface area contributed by atoms with Crippen LogP contribution in [0.15, 0.2) is 24.3 Å². The minimum atomic E-state index is -4.69. The van der Waals surface area contributed by atoms with Crippen LogP contribution in [0.2, 0.25) is 0 Å². The minimum absolute atomic E-state index is 0.0652. The highest BCUT2D eigenvalue weighted by atomic mass is 19.4. The second kappa shape index (κ2) is 12.7. The van der Waals surface area contributed by atoms with E-state index >= 15 is 0 Å². The van der Waals surface area contributed by atoms with Crippen LogP contribution in [0.25, 0.3) is 0 Å². The van der Waals surface area contributed by atoms with Crippen molar-refractivity contribution in [3.8, 4) is 6.07 Å². The van der Waals surface area contributed by atoms with Crippen LogP contribution in [0.3, 0.4) is 0 Å². The van der Waals surface area contributed by atoms with Gasteiger partial charge in [-0.05, 0) is 30.0 Å². The number of carbonyl (C=O) groups excluding carboxylic acids is 2. The van der Waals surface area contributed by atoms with Gasteiger partial charge in [-0.15, -0.1) is 0 Å². The monoisotopic (exact) mass is 485 g/mol. The number of amides is 2. The van der Waals surface area contributed by atoms with E-state index in [1.165, 1.54) is 24.3 Å². The van der Waals surface area contributed by atoms with Gasteiger partial charge in [0.05, 0.1) is 12.1 Å². The number of nitrogens with zero attached hydrogens (tertiary/aromatic N) is 3. The van der Waals surface area contributed by atoms with Crippen molar-refractivity contribution in [2.45, 2.75) is 38.5 Å². The number of carbonyl (C=O) groups is 2. The Hall–Kier alpha value is -2.71. The zero-order valence-electron chi connectivity index (χ0n) is 19.4. The summed E-state index contributed by atoms with van der Waals surface area (Å²) in [5, 5.41) is 13.4. The Balaban J connectivity index is 2.15. The molecule has 1 aromatic carbocycles. The molecule has 1 heterocycles. The summed E-state index contributed by atoms with van der Waals surface area (Å²) in [6.07, 6.45) is -4.54. The molecule has 1 aromatic rings. The van der Waals surface area contributed by atoms with E-state index in [1.54, 1.807) is 24.8 Å². The smallest absolute Gasteiger partial charge is 0.342 e. The summed E-state index contributed by atoms with van der Waals surface area (Å²) in [6, 6.07) is 3.62. The molecule has 11 heteroatoms. The van der Waals surface area contributed by atoms with Gasteiger partial charge in [-0.2, -0.15) is 18.4 Å². The number of benzene rings is 1. The van der Waals surface area contributed by atoms with E-state index in [1.807, 2.05) is 4.90 Å². The van der Waals surface area contributed by atoms with E-state index in [2.05, 4.69) is 10.6 Å². The summed E-state index contributed by atoms with van der Waals surface area (Å²) >= 11 is 0. The molecule has 2 N–H and O–H groups in total. The van der Waals surface area contributed by atoms with Gasteiger partial charge >= 0.3 is 6.18 Å². The SMILES string of the molecule is CC(C)C[C@H](N[C@H](c1ccc(C(=O)N2CCN(CCF)CC2)cc1)C(F)(F)F)C(=O)NCC#N. The molecule has 0 aliphatic carbocycles. The second-order valence-corrected chi connectivity index (χ2v) is 8.64. The Kier molecular flexibility index (Phi) is 10.3. The Morgan fingerprint density at radius 3 is 2.24 bits per heavy atom. The van der Waals surface area contributed by atoms with Crippen molar-refractivity contribution in [2.75, 3.05) is 45.9 Å². The van der Waals surface area contributed by atoms with Crippen LogP contribution in [0.4, 0.5) is 17.6 Å². The van der Waals surface area contributed by atoms with E-state index in [-0.39, 0.29) is 35.9 Å². The van der Waals surface area contributed by atoms with Crippen molar-refractivity contribution >= 4 is 11.8 Å². The molecule has 0 spiro atoms. The number of nitriles is 1. The van der Waals surface area contributed by atoms with Crippen molar-refractivity contribution in [3.05, 3.63) is 35.4 Å². The van der Waals surface area contributed by atoms with Crippen LogP contribution in [-0.2, 0) is 4.79 Å². The first kappa shape index (κ1) is 27.5. The zero-order valence-corrected chi connectivity index (χ0v) is 19.4. The maximum Gasteiger partial charge on any atom is 0.407 e. The lowest BCUT2D eigenvalue weighted by molar-refractivity contribution is -0.161. The number of hydrogen-bond acceptors (Lipinski definition) is 5. The van der Waals surface area contributed by atoms with Crippen molar-refractivity contribution in [2.24, 2.45) is 5.92 Å². The molecule has 2 atom stereocenters. The molecule has 188 valence electrons. The highest BCUT2D eigenvalue weighted by molar-refractivity contribution is 5.94. The fraction of sp³-hybridized carbons (Fsp3) is 0.609. The van der Waals surface area contributed by atoms with Gasteiger partial charge in [0.1, 0.15) is 19.3 Å². The first-order valence-corrected chi connectivity index (χ1v) is 11.2. The van der Waals surface area contributed by atoms with Gasteiger partial charge in [0.2, 0.25) is 5.91 Å². The molecule has 0 bridgehead atoms. The third kappa shape index (κ3) is 7.95. The van der Waals surface area contributed by atoms with Gasteiger partial charge in [-0.1, -0.05) is 26.0 Å².